The van der Waals surface area contributed by atoms with Gasteiger partial charge in [-0.3, -0.25) is 0 Å². The third-order valence-electron chi connectivity index (χ3n) is 3.63. The molecule has 156 valence electrons. The van der Waals surface area contributed by atoms with Crippen LogP contribution >= 0.6 is 0 Å². The standard InChI is InChI=1S/C10H15NO3S.C9H13NO2S/c1-14-10-4-2-9(3-5-10)8-15(12,13)7-6-11;10-6-7-13(11,12)8-9-4-2-1-3-5-9/h2-5H,6-8,11H2,1H3;1-5H,6-8,10H2. The minimum absolute atomic E-state index is 0.0268. The number of hydrogen-bond donors (Lipinski definition) is 2. The highest BCUT2D eigenvalue weighted by molar-refractivity contribution is 7.90. The van der Waals surface area contributed by atoms with E-state index in [9.17, 15) is 16.8 Å². The van der Waals surface area contributed by atoms with Crippen molar-refractivity contribution in [1.29, 1.82) is 0 Å². The van der Waals surface area contributed by atoms with Crippen LogP contribution in [-0.4, -0.2) is 48.5 Å². The molecule has 0 unspecified atom stereocenters. The van der Waals surface area contributed by atoms with E-state index in [0.29, 0.717) is 0 Å². The molecule has 0 aromatic heterocycles. The molecule has 0 aliphatic rings. The average molecular weight is 429 g/mol. The number of methoxy groups -OCH3 is 1. The molecule has 0 heterocycles. The number of ether oxygens (including phenoxy) is 1. The topological polar surface area (TPSA) is 130 Å². The molecular formula is C19H28N2O5S2. The van der Waals surface area contributed by atoms with Crippen LogP contribution in [-0.2, 0) is 31.2 Å². The fourth-order valence-corrected chi connectivity index (χ4v) is 4.71. The van der Waals surface area contributed by atoms with Crippen molar-refractivity contribution in [2.24, 2.45) is 11.5 Å². The first kappa shape index (κ1) is 24.1. The van der Waals surface area contributed by atoms with Crippen molar-refractivity contribution >= 4 is 19.7 Å². The van der Waals surface area contributed by atoms with Gasteiger partial charge in [-0.1, -0.05) is 42.5 Å². The van der Waals surface area contributed by atoms with Gasteiger partial charge in [-0.15, -0.1) is 0 Å². The second-order valence-electron chi connectivity index (χ2n) is 6.10. The second kappa shape index (κ2) is 11.8. The van der Waals surface area contributed by atoms with Crippen molar-refractivity contribution in [1.82, 2.24) is 0 Å². The first-order chi connectivity index (χ1) is 13.2. The summed E-state index contributed by atoms with van der Waals surface area (Å²) in [6, 6.07) is 16.1. The summed E-state index contributed by atoms with van der Waals surface area (Å²) >= 11 is 0. The predicted molar refractivity (Wildman–Crippen MR) is 113 cm³/mol. The van der Waals surface area contributed by atoms with Crippen LogP contribution in [0.3, 0.4) is 0 Å². The zero-order valence-corrected chi connectivity index (χ0v) is 17.6. The van der Waals surface area contributed by atoms with Crippen molar-refractivity contribution in [3.05, 3.63) is 65.7 Å². The first-order valence-electron chi connectivity index (χ1n) is 8.69. The van der Waals surface area contributed by atoms with Gasteiger partial charge in [0, 0.05) is 13.1 Å². The molecule has 0 radical (unpaired) electrons. The largest absolute Gasteiger partial charge is 0.497 e. The number of rotatable bonds is 9. The van der Waals surface area contributed by atoms with Crippen LogP contribution in [0.2, 0.25) is 0 Å². The Labute approximate surface area is 167 Å². The lowest BCUT2D eigenvalue weighted by Crippen LogP contribution is -2.17. The summed E-state index contributed by atoms with van der Waals surface area (Å²) in [5, 5.41) is 0. The Morgan fingerprint density at radius 1 is 0.714 bits per heavy atom. The van der Waals surface area contributed by atoms with Crippen LogP contribution in [0.25, 0.3) is 0 Å². The number of benzene rings is 2. The Kier molecular flexibility index (Phi) is 10.2. The summed E-state index contributed by atoms with van der Waals surface area (Å²) < 4.78 is 50.5. The minimum atomic E-state index is -3.07. The minimum Gasteiger partial charge on any atom is -0.497 e. The van der Waals surface area contributed by atoms with E-state index in [1.54, 1.807) is 43.5 Å². The van der Waals surface area contributed by atoms with E-state index >= 15 is 0 Å². The van der Waals surface area contributed by atoms with Crippen molar-refractivity contribution in [3.63, 3.8) is 0 Å². The highest BCUT2D eigenvalue weighted by Gasteiger charge is 2.10. The third-order valence-corrected chi connectivity index (χ3v) is 6.89. The lowest BCUT2D eigenvalue weighted by molar-refractivity contribution is 0.414. The molecule has 0 amide bonds. The number of sulfone groups is 2. The maximum Gasteiger partial charge on any atom is 0.155 e. The summed E-state index contributed by atoms with van der Waals surface area (Å²) in [6.45, 7) is 0.355. The highest BCUT2D eigenvalue weighted by Crippen LogP contribution is 2.13. The molecule has 2 rings (SSSR count). The van der Waals surface area contributed by atoms with E-state index in [0.717, 1.165) is 16.9 Å². The maximum atomic E-state index is 11.4. The Balaban J connectivity index is 0.000000283. The quantitative estimate of drug-likeness (QED) is 0.612. The average Bonchev–Trinajstić information content (AvgIpc) is 2.63. The van der Waals surface area contributed by atoms with Crippen molar-refractivity contribution in [2.45, 2.75) is 11.5 Å². The van der Waals surface area contributed by atoms with Gasteiger partial charge in [0.25, 0.3) is 0 Å². The Bertz CT molecular complexity index is 897. The Morgan fingerprint density at radius 2 is 1.14 bits per heavy atom. The van der Waals surface area contributed by atoms with Gasteiger partial charge < -0.3 is 16.2 Å². The molecule has 4 N–H and O–H groups in total. The van der Waals surface area contributed by atoms with Crippen LogP contribution in [0.15, 0.2) is 54.6 Å². The zero-order chi connectivity index (χ0) is 21.0. The van der Waals surface area contributed by atoms with Gasteiger partial charge in [-0.2, -0.15) is 0 Å². The Morgan fingerprint density at radius 3 is 1.54 bits per heavy atom. The number of nitrogens with two attached hydrogens (primary N) is 2. The van der Waals surface area contributed by atoms with Crippen LogP contribution in [0, 0.1) is 0 Å². The molecule has 0 atom stereocenters. The molecular weight excluding hydrogens is 400 g/mol. The SMILES string of the molecule is COc1ccc(CS(=O)(=O)CCN)cc1.NCCS(=O)(=O)Cc1ccccc1. The predicted octanol–water partition coefficient (Wildman–Crippen LogP) is 1.13. The fourth-order valence-electron chi connectivity index (χ4n) is 2.31. The van der Waals surface area contributed by atoms with Crippen molar-refractivity contribution in [2.75, 3.05) is 31.7 Å². The molecule has 0 aliphatic heterocycles. The van der Waals surface area contributed by atoms with Gasteiger partial charge in [-0.05, 0) is 23.3 Å². The van der Waals surface area contributed by atoms with Crippen LogP contribution in [0.4, 0.5) is 0 Å². The molecule has 2 aromatic rings. The fraction of sp³-hybridized carbons (Fsp3) is 0.368. The summed E-state index contributed by atoms with van der Waals surface area (Å²) in [6.07, 6.45) is 0. The molecule has 0 saturated carbocycles. The van der Waals surface area contributed by atoms with E-state index in [1.807, 2.05) is 18.2 Å². The lowest BCUT2D eigenvalue weighted by Gasteiger charge is -2.04. The molecule has 28 heavy (non-hydrogen) atoms. The van der Waals surface area contributed by atoms with Crippen molar-refractivity contribution in [3.8, 4) is 5.75 Å². The smallest absolute Gasteiger partial charge is 0.155 e. The Hall–Kier alpha value is -1.94. The van der Waals surface area contributed by atoms with Crippen molar-refractivity contribution < 1.29 is 21.6 Å². The lowest BCUT2D eigenvalue weighted by atomic mass is 10.2. The second-order valence-corrected chi connectivity index (χ2v) is 10.5. The van der Waals surface area contributed by atoms with Gasteiger partial charge in [0.1, 0.15) is 5.75 Å². The van der Waals surface area contributed by atoms with E-state index in [-0.39, 0.29) is 36.1 Å². The summed E-state index contributed by atoms with van der Waals surface area (Å²) in [5.74, 6) is 0.926. The van der Waals surface area contributed by atoms with E-state index in [4.69, 9.17) is 16.2 Å². The van der Waals surface area contributed by atoms with Gasteiger partial charge in [0.05, 0.1) is 30.1 Å². The van der Waals surface area contributed by atoms with Crippen LogP contribution < -0.4 is 16.2 Å². The van der Waals surface area contributed by atoms with E-state index < -0.39 is 19.7 Å². The first-order valence-corrected chi connectivity index (χ1v) is 12.3. The maximum absolute atomic E-state index is 11.4. The van der Waals surface area contributed by atoms with Gasteiger partial charge in [0.2, 0.25) is 0 Å². The number of hydrogen-bond acceptors (Lipinski definition) is 7. The molecule has 9 heteroatoms. The normalized spacial score (nSPS) is 11.4. The molecule has 7 nitrogen and oxygen atoms in total. The van der Waals surface area contributed by atoms with E-state index in [1.165, 1.54) is 0 Å². The van der Waals surface area contributed by atoms with Gasteiger partial charge >= 0.3 is 0 Å². The molecule has 0 aliphatic carbocycles. The van der Waals surface area contributed by atoms with Crippen LogP contribution in [0.5, 0.6) is 5.75 Å². The molecule has 0 spiro atoms. The molecule has 0 bridgehead atoms. The summed E-state index contributed by atoms with van der Waals surface area (Å²) in [5.41, 5.74) is 12.0. The highest BCUT2D eigenvalue weighted by atomic mass is 32.2. The summed E-state index contributed by atoms with van der Waals surface area (Å²) in [4.78, 5) is 0. The molecule has 0 saturated heterocycles. The molecule has 0 fully saturated rings. The summed E-state index contributed by atoms with van der Waals surface area (Å²) in [7, 11) is -4.51. The third kappa shape index (κ3) is 9.84. The zero-order valence-electron chi connectivity index (χ0n) is 16.0. The van der Waals surface area contributed by atoms with Gasteiger partial charge in [-0.25, -0.2) is 16.8 Å². The monoisotopic (exact) mass is 428 g/mol. The van der Waals surface area contributed by atoms with Gasteiger partial charge in [0.15, 0.2) is 19.7 Å². The van der Waals surface area contributed by atoms with E-state index in [2.05, 4.69) is 0 Å². The van der Waals surface area contributed by atoms with Crippen LogP contribution in [0.1, 0.15) is 11.1 Å². The molecule has 2 aromatic carbocycles.